The number of nitrogens with one attached hydrogen (secondary N) is 3. The SMILES string of the molecule is Cc1n[nH]c(C)c1S(=O)(=O)Nc1cc(F)ccc1NS(C)(=O)=O. The van der Waals surface area contributed by atoms with E-state index in [4.69, 9.17) is 0 Å². The lowest BCUT2D eigenvalue weighted by Crippen LogP contribution is -2.17. The Morgan fingerprint density at radius 3 is 2.26 bits per heavy atom. The summed E-state index contributed by atoms with van der Waals surface area (Å²) in [4.78, 5) is -0.0768. The van der Waals surface area contributed by atoms with E-state index in [0.29, 0.717) is 5.69 Å². The third-order valence-corrected chi connectivity index (χ3v) is 5.07. The smallest absolute Gasteiger partial charge is 0.265 e. The predicted octanol–water partition coefficient (Wildman–Crippen LogP) is 1.34. The van der Waals surface area contributed by atoms with E-state index in [2.05, 4.69) is 19.6 Å². The van der Waals surface area contributed by atoms with Crippen molar-refractivity contribution < 1.29 is 21.2 Å². The molecule has 0 bridgehead atoms. The maximum Gasteiger partial charge on any atom is 0.265 e. The second-order valence-electron chi connectivity index (χ2n) is 4.93. The fourth-order valence-electron chi connectivity index (χ4n) is 2.02. The molecule has 1 heterocycles. The van der Waals surface area contributed by atoms with E-state index in [9.17, 15) is 21.2 Å². The Kier molecular flexibility index (Phi) is 4.35. The minimum atomic E-state index is -4.07. The van der Waals surface area contributed by atoms with Crippen LogP contribution in [0.25, 0.3) is 0 Å². The first-order valence-corrected chi connectivity index (χ1v) is 9.69. The number of benzene rings is 1. The van der Waals surface area contributed by atoms with Gasteiger partial charge in [0.05, 0.1) is 29.0 Å². The summed E-state index contributed by atoms with van der Waals surface area (Å²) in [7, 11) is -7.74. The van der Waals surface area contributed by atoms with Crippen LogP contribution in [0.4, 0.5) is 15.8 Å². The number of aryl methyl sites for hydroxylation is 2. The van der Waals surface area contributed by atoms with E-state index in [1.165, 1.54) is 13.8 Å². The van der Waals surface area contributed by atoms with E-state index in [1.807, 2.05) is 0 Å². The molecule has 0 saturated heterocycles. The maximum atomic E-state index is 13.4. The third-order valence-electron chi connectivity index (χ3n) is 2.85. The van der Waals surface area contributed by atoms with E-state index in [-0.39, 0.29) is 22.0 Å². The molecule has 23 heavy (non-hydrogen) atoms. The predicted molar refractivity (Wildman–Crippen MR) is 83.7 cm³/mol. The Labute approximate surface area is 133 Å². The van der Waals surface area contributed by atoms with Gasteiger partial charge in [0.2, 0.25) is 10.0 Å². The number of anilines is 2. The maximum absolute atomic E-state index is 13.4. The van der Waals surface area contributed by atoms with Crippen molar-refractivity contribution >= 4 is 31.4 Å². The summed E-state index contributed by atoms with van der Waals surface area (Å²) in [6.45, 7) is 3.02. The van der Waals surface area contributed by atoms with Crippen molar-refractivity contribution in [2.24, 2.45) is 0 Å². The summed E-state index contributed by atoms with van der Waals surface area (Å²) in [6, 6.07) is 3.03. The molecule has 0 fully saturated rings. The van der Waals surface area contributed by atoms with Gasteiger partial charge in [-0.05, 0) is 26.0 Å². The largest absolute Gasteiger partial charge is 0.282 e. The lowest BCUT2D eigenvalue weighted by atomic mass is 10.3. The van der Waals surface area contributed by atoms with Gasteiger partial charge in [-0.25, -0.2) is 21.2 Å². The summed E-state index contributed by atoms with van der Waals surface area (Å²) < 4.78 is 65.3. The molecule has 0 aliphatic heterocycles. The first-order chi connectivity index (χ1) is 10.5. The number of H-pyrrole nitrogens is 1. The molecule has 0 saturated carbocycles. The quantitative estimate of drug-likeness (QED) is 0.741. The average molecular weight is 362 g/mol. The zero-order valence-electron chi connectivity index (χ0n) is 12.5. The zero-order chi connectivity index (χ0) is 17.4. The highest BCUT2D eigenvalue weighted by Crippen LogP contribution is 2.28. The van der Waals surface area contributed by atoms with Crippen molar-refractivity contribution in [1.29, 1.82) is 0 Å². The highest BCUT2D eigenvalue weighted by molar-refractivity contribution is 7.93. The first kappa shape index (κ1) is 17.2. The molecule has 11 heteroatoms. The molecule has 0 unspecified atom stereocenters. The molecule has 0 radical (unpaired) electrons. The highest BCUT2D eigenvalue weighted by Gasteiger charge is 2.24. The Hall–Kier alpha value is -2.14. The van der Waals surface area contributed by atoms with Crippen molar-refractivity contribution in [2.45, 2.75) is 18.7 Å². The van der Waals surface area contributed by atoms with E-state index < -0.39 is 25.9 Å². The average Bonchev–Trinajstić information content (AvgIpc) is 2.71. The number of sulfonamides is 2. The number of aromatic amines is 1. The van der Waals surface area contributed by atoms with Gasteiger partial charge in [-0.3, -0.25) is 14.5 Å². The van der Waals surface area contributed by atoms with Crippen LogP contribution >= 0.6 is 0 Å². The number of rotatable bonds is 5. The van der Waals surface area contributed by atoms with Gasteiger partial charge >= 0.3 is 0 Å². The zero-order valence-corrected chi connectivity index (χ0v) is 14.1. The number of hydrogen-bond donors (Lipinski definition) is 3. The highest BCUT2D eigenvalue weighted by atomic mass is 32.2. The van der Waals surface area contributed by atoms with Crippen LogP contribution in [0.15, 0.2) is 23.1 Å². The van der Waals surface area contributed by atoms with Crippen LogP contribution in [0, 0.1) is 19.7 Å². The van der Waals surface area contributed by atoms with Crippen LogP contribution in [0.5, 0.6) is 0 Å². The molecule has 0 atom stereocenters. The second-order valence-corrected chi connectivity index (χ2v) is 8.30. The normalized spacial score (nSPS) is 12.2. The molecule has 1 aromatic carbocycles. The molecular weight excluding hydrogens is 347 g/mol. The summed E-state index contributed by atoms with van der Waals surface area (Å²) in [6.07, 6.45) is 0.902. The van der Waals surface area contributed by atoms with E-state index in [1.54, 1.807) is 0 Å². The van der Waals surface area contributed by atoms with E-state index in [0.717, 1.165) is 24.5 Å². The minimum absolute atomic E-state index is 0.0768. The van der Waals surface area contributed by atoms with Crippen molar-refractivity contribution in [3.8, 4) is 0 Å². The fourth-order valence-corrected chi connectivity index (χ4v) is 4.04. The molecule has 126 valence electrons. The van der Waals surface area contributed by atoms with Crippen molar-refractivity contribution in [3.05, 3.63) is 35.4 Å². The lowest BCUT2D eigenvalue weighted by molar-refractivity contribution is 0.599. The Balaban J connectivity index is 2.49. The summed E-state index contributed by atoms with van der Waals surface area (Å²) >= 11 is 0. The summed E-state index contributed by atoms with van der Waals surface area (Å²) in [5.41, 5.74) is 0.236. The van der Waals surface area contributed by atoms with Gasteiger partial charge in [0.1, 0.15) is 10.7 Å². The first-order valence-electron chi connectivity index (χ1n) is 6.31. The molecule has 1 aromatic heterocycles. The molecule has 0 spiro atoms. The van der Waals surface area contributed by atoms with Crippen molar-refractivity contribution in [2.75, 3.05) is 15.7 Å². The van der Waals surface area contributed by atoms with Crippen LogP contribution in [0.1, 0.15) is 11.4 Å². The van der Waals surface area contributed by atoms with Crippen LogP contribution in [-0.2, 0) is 20.0 Å². The van der Waals surface area contributed by atoms with Crippen molar-refractivity contribution in [1.82, 2.24) is 10.2 Å². The molecule has 3 N–H and O–H groups in total. The number of hydrogen-bond acceptors (Lipinski definition) is 5. The van der Waals surface area contributed by atoms with Gasteiger partial charge in [0, 0.05) is 6.07 Å². The number of halogens is 1. The van der Waals surface area contributed by atoms with Crippen LogP contribution in [0.3, 0.4) is 0 Å². The molecule has 2 rings (SSSR count). The summed E-state index contributed by atoms with van der Waals surface area (Å²) in [5.74, 6) is -0.720. The monoisotopic (exact) mass is 362 g/mol. The minimum Gasteiger partial charge on any atom is -0.282 e. The lowest BCUT2D eigenvalue weighted by Gasteiger charge is -2.13. The fraction of sp³-hybridized carbons (Fsp3) is 0.250. The van der Waals surface area contributed by atoms with Gasteiger partial charge in [0.15, 0.2) is 0 Å². The molecular formula is C12H15FN4O4S2. The Morgan fingerprint density at radius 1 is 1.09 bits per heavy atom. The molecule has 0 aliphatic carbocycles. The Morgan fingerprint density at radius 2 is 1.74 bits per heavy atom. The Bertz CT molecular complexity index is 932. The van der Waals surface area contributed by atoms with Crippen LogP contribution in [0.2, 0.25) is 0 Å². The number of nitrogens with zero attached hydrogens (tertiary/aromatic N) is 1. The molecule has 0 amide bonds. The topological polar surface area (TPSA) is 121 Å². The number of aromatic nitrogens is 2. The van der Waals surface area contributed by atoms with Gasteiger partial charge in [-0.15, -0.1) is 0 Å². The van der Waals surface area contributed by atoms with E-state index >= 15 is 0 Å². The van der Waals surface area contributed by atoms with Gasteiger partial charge in [-0.1, -0.05) is 0 Å². The molecule has 0 aliphatic rings. The van der Waals surface area contributed by atoms with Crippen LogP contribution in [-0.4, -0.2) is 33.3 Å². The van der Waals surface area contributed by atoms with Crippen LogP contribution < -0.4 is 9.44 Å². The molecule has 2 aromatic rings. The van der Waals surface area contributed by atoms with Crippen molar-refractivity contribution in [3.63, 3.8) is 0 Å². The van der Waals surface area contributed by atoms with Gasteiger partial charge in [0.25, 0.3) is 10.0 Å². The third kappa shape index (κ3) is 3.99. The van der Waals surface area contributed by atoms with Gasteiger partial charge in [-0.2, -0.15) is 5.10 Å². The molecule has 8 nitrogen and oxygen atoms in total. The summed E-state index contributed by atoms with van der Waals surface area (Å²) in [5, 5.41) is 6.33. The van der Waals surface area contributed by atoms with Gasteiger partial charge < -0.3 is 0 Å². The second kappa shape index (κ2) is 5.81. The standard InChI is InChI=1S/C12H15FN4O4S2/c1-7-12(8(2)15-14-7)23(20,21)17-11-6-9(13)4-5-10(11)16-22(3,18)19/h4-6,16-17H,1-3H3,(H,14,15).